The Bertz CT molecular complexity index is 500. The van der Waals surface area contributed by atoms with Crippen LogP contribution < -0.4 is 10.6 Å². The molecule has 0 unspecified atom stereocenters. The lowest BCUT2D eigenvalue weighted by atomic mass is 10.2. The van der Waals surface area contributed by atoms with Crippen molar-refractivity contribution in [2.75, 3.05) is 13.2 Å². The van der Waals surface area contributed by atoms with Crippen LogP contribution in [-0.2, 0) is 28.7 Å². The smallest absolute Gasteiger partial charge is 0.331 e. The molecule has 0 radical (unpaired) electrons. The van der Waals surface area contributed by atoms with E-state index in [0.717, 1.165) is 63.5 Å². The maximum absolute atomic E-state index is 11.6. The van der Waals surface area contributed by atoms with Crippen LogP contribution in [-0.4, -0.2) is 49.1 Å². The predicted octanol–water partition coefficient (Wildman–Crippen LogP) is 0.747. The fraction of sp³-hybridized carbons (Fsp3) is 0.667. The van der Waals surface area contributed by atoms with E-state index in [2.05, 4.69) is 10.6 Å². The van der Waals surface area contributed by atoms with Crippen molar-refractivity contribution in [2.45, 2.75) is 63.5 Å². The van der Waals surface area contributed by atoms with Gasteiger partial charge in [-0.25, -0.2) is 9.59 Å². The molecule has 8 heteroatoms. The monoisotopic (exact) mass is 366 g/mol. The average molecular weight is 366 g/mol. The highest BCUT2D eigenvalue weighted by Crippen LogP contribution is 2.18. The van der Waals surface area contributed by atoms with E-state index in [4.69, 9.17) is 9.47 Å². The number of carbonyl (C=O) groups is 4. The predicted molar refractivity (Wildman–Crippen MR) is 91.9 cm³/mol. The Labute approximate surface area is 152 Å². The first-order valence-electron chi connectivity index (χ1n) is 9.13. The number of rotatable bonds is 8. The van der Waals surface area contributed by atoms with Gasteiger partial charge in [-0.3, -0.25) is 9.59 Å². The first-order valence-corrected chi connectivity index (χ1v) is 9.13. The van der Waals surface area contributed by atoms with Crippen molar-refractivity contribution in [2.24, 2.45) is 0 Å². The van der Waals surface area contributed by atoms with Crippen LogP contribution in [0.5, 0.6) is 0 Å². The summed E-state index contributed by atoms with van der Waals surface area (Å²) in [5, 5.41) is 5.57. The summed E-state index contributed by atoms with van der Waals surface area (Å²) >= 11 is 0. The second-order valence-corrected chi connectivity index (χ2v) is 6.65. The molecule has 0 spiro atoms. The van der Waals surface area contributed by atoms with E-state index in [0.29, 0.717) is 0 Å². The second-order valence-electron chi connectivity index (χ2n) is 6.65. The highest BCUT2D eigenvalue weighted by molar-refractivity contribution is 5.93. The van der Waals surface area contributed by atoms with Gasteiger partial charge in [0.25, 0.3) is 11.8 Å². The Kier molecular flexibility index (Phi) is 8.11. The number of nitrogens with one attached hydrogen (secondary N) is 2. The molecule has 144 valence electrons. The van der Waals surface area contributed by atoms with Crippen LogP contribution in [0, 0.1) is 0 Å². The lowest BCUT2D eigenvalue weighted by molar-refractivity contribution is -0.145. The molecule has 0 saturated heterocycles. The number of amides is 2. The fourth-order valence-corrected chi connectivity index (χ4v) is 3.18. The van der Waals surface area contributed by atoms with Gasteiger partial charge in [0, 0.05) is 24.2 Å². The summed E-state index contributed by atoms with van der Waals surface area (Å²) in [5.41, 5.74) is 0. The van der Waals surface area contributed by atoms with E-state index in [1.807, 2.05) is 0 Å². The largest absolute Gasteiger partial charge is 0.452 e. The van der Waals surface area contributed by atoms with Gasteiger partial charge in [0.1, 0.15) is 0 Å². The molecule has 0 bridgehead atoms. The number of esters is 2. The Balaban J connectivity index is 1.56. The van der Waals surface area contributed by atoms with Gasteiger partial charge >= 0.3 is 11.9 Å². The third-order valence-corrected chi connectivity index (χ3v) is 4.49. The summed E-state index contributed by atoms with van der Waals surface area (Å²) in [6.45, 7) is -0.781. The average Bonchev–Trinajstić information content (AvgIpc) is 3.30. The first-order chi connectivity index (χ1) is 12.5. The lowest BCUT2D eigenvalue weighted by Crippen LogP contribution is -2.36. The normalized spacial score (nSPS) is 18.0. The van der Waals surface area contributed by atoms with Gasteiger partial charge in [-0.1, -0.05) is 25.7 Å². The van der Waals surface area contributed by atoms with Gasteiger partial charge in [-0.2, -0.15) is 0 Å². The molecule has 26 heavy (non-hydrogen) atoms. The van der Waals surface area contributed by atoms with Crippen LogP contribution in [0.2, 0.25) is 0 Å². The third-order valence-electron chi connectivity index (χ3n) is 4.49. The molecule has 2 fully saturated rings. The van der Waals surface area contributed by atoms with Gasteiger partial charge < -0.3 is 20.1 Å². The third kappa shape index (κ3) is 7.67. The summed E-state index contributed by atoms with van der Waals surface area (Å²) in [5.74, 6) is -2.35. The minimum absolute atomic E-state index is 0.155. The first kappa shape index (κ1) is 19.9. The molecule has 0 aromatic rings. The van der Waals surface area contributed by atoms with Crippen LogP contribution in [0.3, 0.4) is 0 Å². The van der Waals surface area contributed by atoms with E-state index in [9.17, 15) is 19.2 Å². The molecule has 2 aliphatic rings. The quantitative estimate of drug-likeness (QED) is 0.484. The summed E-state index contributed by atoms with van der Waals surface area (Å²) in [7, 11) is 0. The highest BCUT2D eigenvalue weighted by atomic mass is 16.5. The SMILES string of the molecule is O=C(COC(=O)C=CC(=O)OCC(=O)NC1CCCC1)NC1CCCC1. The molecular formula is C18H26N2O6. The lowest BCUT2D eigenvalue weighted by Gasteiger charge is -2.11. The van der Waals surface area contributed by atoms with Crippen molar-refractivity contribution in [3.05, 3.63) is 12.2 Å². The molecule has 2 aliphatic carbocycles. The topological polar surface area (TPSA) is 111 Å². The molecular weight excluding hydrogens is 340 g/mol. The molecule has 2 saturated carbocycles. The van der Waals surface area contributed by atoms with Crippen molar-refractivity contribution in [1.29, 1.82) is 0 Å². The maximum atomic E-state index is 11.6. The minimum Gasteiger partial charge on any atom is -0.452 e. The van der Waals surface area contributed by atoms with Gasteiger partial charge in [0.05, 0.1) is 0 Å². The molecule has 0 heterocycles. The number of ether oxygens (including phenoxy) is 2. The van der Waals surface area contributed by atoms with Crippen LogP contribution in [0.4, 0.5) is 0 Å². The molecule has 8 nitrogen and oxygen atoms in total. The van der Waals surface area contributed by atoms with Crippen LogP contribution in [0.15, 0.2) is 12.2 Å². The Morgan fingerprint density at radius 3 is 1.38 bits per heavy atom. The number of hydrogen-bond donors (Lipinski definition) is 2. The Morgan fingerprint density at radius 1 is 0.692 bits per heavy atom. The summed E-state index contributed by atoms with van der Waals surface area (Å²) in [6, 6.07) is 0.309. The van der Waals surface area contributed by atoms with Gasteiger partial charge in [-0.05, 0) is 25.7 Å². The molecule has 0 aliphatic heterocycles. The number of hydrogen-bond acceptors (Lipinski definition) is 6. The van der Waals surface area contributed by atoms with Crippen molar-refractivity contribution in [1.82, 2.24) is 10.6 Å². The molecule has 0 aromatic carbocycles. The zero-order chi connectivity index (χ0) is 18.8. The zero-order valence-electron chi connectivity index (χ0n) is 14.8. The molecule has 2 N–H and O–H groups in total. The van der Waals surface area contributed by atoms with Crippen LogP contribution in [0.1, 0.15) is 51.4 Å². The van der Waals surface area contributed by atoms with Gasteiger partial charge in [0.15, 0.2) is 13.2 Å². The number of carbonyl (C=O) groups excluding carboxylic acids is 4. The van der Waals surface area contributed by atoms with E-state index >= 15 is 0 Å². The fourth-order valence-electron chi connectivity index (χ4n) is 3.18. The maximum Gasteiger partial charge on any atom is 0.331 e. The highest BCUT2D eigenvalue weighted by Gasteiger charge is 2.18. The molecule has 0 aromatic heterocycles. The van der Waals surface area contributed by atoms with Crippen molar-refractivity contribution < 1.29 is 28.7 Å². The molecule has 2 amide bonds. The Hall–Kier alpha value is -2.38. The van der Waals surface area contributed by atoms with Crippen molar-refractivity contribution >= 4 is 23.8 Å². The Morgan fingerprint density at radius 2 is 1.04 bits per heavy atom. The molecule has 2 rings (SSSR count). The standard InChI is InChI=1S/C18H26N2O6/c21-15(19-13-5-1-2-6-13)11-25-17(23)9-10-18(24)26-12-16(22)20-14-7-3-4-8-14/h9-10,13-14H,1-8,11-12H2,(H,19,21)(H,20,22). The summed E-state index contributed by atoms with van der Waals surface area (Å²) < 4.78 is 9.51. The second kappa shape index (κ2) is 10.6. The van der Waals surface area contributed by atoms with E-state index in [-0.39, 0.29) is 23.9 Å². The molecule has 0 atom stereocenters. The summed E-state index contributed by atoms with van der Waals surface area (Å²) in [4.78, 5) is 46.2. The van der Waals surface area contributed by atoms with Crippen LogP contribution in [0.25, 0.3) is 0 Å². The van der Waals surface area contributed by atoms with Gasteiger partial charge in [-0.15, -0.1) is 0 Å². The van der Waals surface area contributed by atoms with Crippen LogP contribution >= 0.6 is 0 Å². The van der Waals surface area contributed by atoms with Crippen molar-refractivity contribution in [3.8, 4) is 0 Å². The van der Waals surface area contributed by atoms with E-state index in [1.54, 1.807) is 0 Å². The minimum atomic E-state index is -0.820. The van der Waals surface area contributed by atoms with E-state index < -0.39 is 25.2 Å². The zero-order valence-corrected chi connectivity index (χ0v) is 14.8. The summed E-state index contributed by atoms with van der Waals surface area (Å²) in [6.07, 6.45) is 9.89. The van der Waals surface area contributed by atoms with Crippen molar-refractivity contribution in [3.63, 3.8) is 0 Å². The van der Waals surface area contributed by atoms with Gasteiger partial charge in [0.2, 0.25) is 0 Å². The van der Waals surface area contributed by atoms with E-state index in [1.165, 1.54) is 0 Å².